The van der Waals surface area contributed by atoms with Gasteiger partial charge in [-0.3, -0.25) is 14.7 Å². The number of hydrogen-bond donors (Lipinski definition) is 1. The highest BCUT2D eigenvalue weighted by molar-refractivity contribution is 5.78. The van der Waals surface area contributed by atoms with Crippen LogP contribution in [-0.4, -0.2) is 35.4 Å². The predicted molar refractivity (Wildman–Crippen MR) is 107 cm³/mol. The van der Waals surface area contributed by atoms with E-state index in [4.69, 9.17) is 0 Å². The van der Waals surface area contributed by atoms with Gasteiger partial charge in [0.2, 0.25) is 5.91 Å². The minimum absolute atomic E-state index is 0.192. The van der Waals surface area contributed by atoms with Gasteiger partial charge in [-0.1, -0.05) is 26.0 Å². The van der Waals surface area contributed by atoms with E-state index >= 15 is 0 Å². The van der Waals surface area contributed by atoms with E-state index in [1.807, 2.05) is 12.3 Å². The van der Waals surface area contributed by atoms with E-state index in [0.717, 1.165) is 31.6 Å². The molecule has 1 N–H and O–H groups in total. The van der Waals surface area contributed by atoms with E-state index in [1.54, 1.807) is 0 Å². The van der Waals surface area contributed by atoms with Crippen LogP contribution in [0.25, 0.3) is 10.9 Å². The average molecular weight is 354 g/mol. The predicted octanol–water partition coefficient (Wildman–Crippen LogP) is 4.00. The van der Waals surface area contributed by atoms with Crippen LogP contribution in [0.15, 0.2) is 36.5 Å². The molecule has 4 nitrogen and oxygen atoms in total. The molecule has 1 aromatic heterocycles. The van der Waals surface area contributed by atoms with Gasteiger partial charge in [-0.15, -0.1) is 0 Å². The first-order valence-electron chi connectivity index (χ1n) is 9.93. The molecule has 2 aromatic rings. The third-order valence-electron chi connectivity index (χ3n) is 5.15. The summed E-state index contributed by atoms with van der Waals surface area (Å²) in [5, 5.41) is 4.30. The van der Waals surface area contributed by atoms with Gasteiger partial charge in [0.15, 0.2) is 0 Å². The van der Waals surface area contributed by atoms with Gasteiger partial charge in [-0.05, 0) is 61.4 Å². The summed E-state index contributed by atoms with van der Waals surface area (Å²) in [4.78, 5) is 18.7. The molecule has 1 unspecified atom stereocenters. The molecule has 26 heavy (non-hydrogen) atoms. The molecule has 1 atom stereocenters. The number of amides is 1. The summed E-state index contributed by atoms with van der Waals surface area (Å²) in [7, 11) is 0. The minimum Gasteiger partial charge on any atom is -0.356 e. The Balaban J connectivity index is 1.47. The molecule has 140 valence electrons. The number of pyridine rings is 1. The van der Waals surface area contributed by atoms with E-state index in [2.05, 4.69) is 53.3 Å². The first-order valence-corrected chi connectivity index (χ1v) is 9.93. The number of nitrogens with one attached hydrogen (secondary N) is 1. The molecule has 1 fully saturated rings. The van der Waals surface area contributed by atoms with E-state index in [-0.39, 0.29) is 5.91 Å². The standard InChI is InChI=1S/C22H31N3O/c1-17(2)13-22(26)24-11-9-18-5-4-12-25(15-18)16-19-7-8-21-20(14-19)6-3-10-23-21/h3,6-8,10,14,17-18H,4-5,9,11-13,15-16H2,1-2H3,(H,24,26). The molecule has 4 heteroatoms. The number of nitrogens with zero attached hydrogens (tertiary/aromatic N) is 2. The van der Waals surface area contributed by atoms with Crippen LogP contribution < -0.4 is 5.32 Å². The van der Waals surface area contributed by atoms with Crippen molar-refractivity contribution in [3.05, 3.63) is 42.1 Å². The second-order valence-electron chi connectivity index (χ2n) is 8.01. The molecule has 0 aliphatic carbocycles. The molecule has 2 heterocycles. The highest BCUT2D eigenvalue weighted by Gasteiger charge is 2.20. The van der Waals surface area contributed by atoms with Crippen molar-refractivity contribution in [1.29, 1.82) is 0 Å². The van der Waals surface area contributed by atoms with Gasteiger partial charge in [0.25, 0.3) is 0 Å². The molecule has 1 aromatic carbocycles. The lowest BCUT2D eigenvalue weighted by atomic mass is 9.94. The van der Waals surface area contributed by atoms with E-state index in [0.29, 0.717) is 18.3 Å². The highest BCUT2D eigenvalue weighted by Crippen LogP contribution is 2.22. The molecular formula is C22H31N3O. The van der Waals surface area contributed by atoms with Gasteiger partial charge in [0.05, 0.1) is 5.52 Å². The molecule has 0 saturated carbocycles. The van der Waals surface area contributed by atoms with Crippen LogP contribution in [0.3, 0.4) is 0 Å². The number of aromatic nitrogens is 1. The maximum Gasteiger partial charge on any atom is 0.220 e. The van der Waals surface area contributed by atoms with Crippen molar-refractivity contribution in [2.45, 2.75) is 46.1 Å². The van der Waals surface area contributed by atoms with Crippen molar-refractivity contribution < 1.29 is 4.79 Å². The Hall–Kier alpha value is -1.94. The van der Waals surface area contributed by atoms with Gasteiger partial charge < -0.3 is 5.32 Å². The normalized spacial score (nSPS) is 18.3. The number of hydrogen-bond acceptors (Lipinski definition) is 3. The molecule has 1 aliphatic heterocycles. The zero-order valence-electron chi connectivity index (χ0n) is 16.1. The first-order chi connectivity index (χ1) is 12.6. The van der Waals surface area contributed by atoms with Crippen LogP contribution >= 0.6 is 0 Å². The third kappa shape index (κ3) is 5.53. The third-order valence-corrected chi connectivity index (χ3v) is 5.15. The summed E-state index contributed by atoms with van der Waals surface area (Å²) in [6.45, 7) is 8.28. The van der Waals surface area contributed by atoms with Gasteiger partial charge in [-0.25, -0.2) is 0 Å². The summed E-state index contributed by atoms with van der Waals surface area (Å²) < 4.78 is 0. The largest absolute Gasteiger partial charge is 0.356 e. The number of likely N-dealkylation sites (tertiary alicyclic amines) is 1. The van der Waals surface area contributed by atoms with Crippen LogP contribution in [0, 0.1) is 11.8 Å². The lowest BCUT2D eigenvalue weighted by Gasteiger charge is -2.33. The second kappa shape index (κ2) is 9.13. The van der Waals surface area contributed by atoms with Crippen molar-refractivity contribution in [1.82, 2.24) is 15.2 Å². The van der Waals surface area contributed by atoms with Gasteiger partial charge in [0, 0.05) is 37.6 Å². The highest BCUT2D eigenvalue weighted by atomic mass is 16.1. The molecule has 1 amide bonds. The molecule has 0 bridgehead atoms. The smallest absolute Gasteiger partial charge is 0.220 e. The summed E-state index contributed by atoms with van der Waals surface area (Å²) in [6.07, 6.45) is 6.09. The van der Waals surface area contributed by atoms with Crippen molar-refractivity contribution in [3.63, 3.8) is 0 Å². The fourth-order valence-electron chi connectivity index (χ4n) is 3.87. The van der Waals surface area contributed by atoms with Gasteiger partial charge >= 0.3 is 0 Å². The van der Waals surface area contributed by atoms with Crippen molar-refractivity contribution in [2.24, 2.45) is 11.8 Å². The molecular weight excluding hydrogens is 322 g/mol. The van der Waals surface area contributed by atoms with E-state index in [1.165, 1.54) is 30.3 Å². The number of piperidine rings is 1. The lowest BCUT2D eigenvalue weighted by molar-refractivity contribution is -0.121. The number of carbonyl (C=O) groups excluding carboxylic acids is 1. The Morgan fingerprint density at radius 1 is 1.35 bits per heavy atom. The number of benzene rings is 1. The molecule has 1 saturated heterocycles. The average Bonchev–Trinajstić information content (AvgIpc) is 2.61. The Bertz CT molecular complexity index is 728. The second-order valence-corrected chi connectivity index (χ2v) is 8.01. The van der Waals surface area contributed by atoms with Crippen molar-refractivity contribution >= 4 is 16.8 Å². The molecule has 0 spiro atoms. The molecule has 0 radical (unpaired) electrons. The Morgan fingerprint density at radius 3 is 3.08 bits per heavy atom. The zero-order chi connectivity index (χ0) is 18.4. The fraction of sp³-hybridized carbons (Fsp3) is 0.545. The Kier molecular flexibility index (Phi) is 6.62. The van der Waals surface area contributed by atoms with Crippen LogP contribution in [0.4, 0.5) is 0 Å². The summed E-state index contributed by atoms with van der Waals surface area (Å²) in [5.74, 6) is 1.31. The first kappa shape index (κ1) is 18.8. The van der Waals surface area contributed by atoms with Crippen molar-refractivity contribution in [2.75, 3.05) is 19.6 Å². The lowest BCUT2D eigenvalue weighted by Crippen LogP contribution is -2.36. The number of carbonyl (C=O) groups is 1. The van der Waals surface area contributed by atoms with Crippen LogP contribution in [0.5, 0.6) is 0 Å². The topological polar surface area (TPSA) is 45.2 Å². The van der Waals surface area contributed by atoms with Crippen molar-refractivity contribution in [3.8, 4) is 0 Å². The van der Waals surface area contributed by atoms with Crippen LogP contribution in [-0.2, 0) is 11.3 Å². The Labute approximate surface area is 157 Å². The summed E-state index contributed by atoms with van der Waals surface area (Å²) in [5.41, 5.74) is 2.42. The van der Waals surface area contributed by atoms with Crippen LogP contribution in [0.1, 0.15) is 45.1 Å². The van der Waals surface area contributed by atoms with E-state index < -0.39 is 0 Å². The zero-order valence-corrected chi connectivity index (χ0v) is 16.1. The van der Waals surface area contributed by atoms with Gasteiger partial charge in [0.1, 0.15) is 0 Å². The molecule has 3 rings (SSSR count). The minimum atomic E-state index is 0.192. The molecule has 1 aliphatic rings. The van der Waals surface area contributed by atoms with E-state index in [9.17, 15) is 4.79 Å². The summed E-state index contributed by atoms with van der Waals surface area (Å²) in [6, 6.07) is 10.7. The van der Waals surface area contributed by atoms with Crippen LogP contribution in [0.2, 0.25) is 0 Å². The monoisotopic (exact) mass is 353 g/mol. The maximum atomic E-state index is 11.8. The Morgan fingerprint density at radius 2 is 2.23 bits per heavy atom. The maximum absolute atomic E-state index is 11.8. The summed E-state index contributed by atoms with van der Waals surface area (Å²) >= 11 is 0. The number of rotatable bonds is 7. The van der Waals surface area contributed by atoms with Gasteiger partial charge in [-0.2, -0.15) is 0 Å². The SMILES string of the molecule is CC(C)CC(=O)NCCC1CCCN(Cc2ccc3ncccc3c2)C1. The quantitative estimate of drug-likeness (QED) is 0.818. The number of fused-ring (bicyclic) bond motifs is 1. The fourth-order valence-corrected chi connectivity index (χ4v) is 3.87.